The fraction of sp³-hybridized carbons (Fsp3) is 0.647. The number of hydrazine groups is 1. The lowest BCUT2D eigenvalue weighted by Crippen LogP contribution is -2.46. The Hall–Kier alpha value is -3.42. The monoisotopic (exact) mass is 526 g/mol. The van der Waals surface area contributed by atoms with Gasteiger partial charge in [-0.25, -0.2) is 0 Å². The molecule has 0 spiro atoms. The molecule has 0 fully saturated rings. The third kappa shape index (κ3) is 272. The first-order valence-electron chi connectivity index (χ1n) is 8.78. The van der Waals surface area contributed by atoms with E-state index in [1.807, 2.05) is 0 Å². The van der Waals surface area contributed by atoms with Gasteiger partial charge in [0.05, 0.1) is 12.7 Å². The van der Waals surface area contributed by atoms with Crippen LogP contribution in [-0.2, 0) is 28.8 Å². The Morgan fingerprint density at radius 1 is 0.571 bits per heavy atom. The van der Waals surface area contributed by atoms with Gasteiger partial charge < -0.3 is 51.1 Å². The van der Waals surface area contributed by atoms with Gasteiger partial charge in [0, 0.05) is 48.1 Å². The van der Waals surface area contributed by atoms with Crippen LogP contribution in [0.5, 0.6) is 0 Å². The molecule has 35 heavy (non-hydrogen) atoms. The summed E-state index contributed by atoms with van der Waals surface area (Å²) in [5.74, 6) is -0.156. The molecule has 0 amide bonds. The van der Waals surface area contributed by atoms with Crippen LogP contribution in [0.15, 0.2) is 0 Å². The van der Waals surface area contributed by atoms with E-state index >= 15 is 0 Å². The van der Waals surface area contributed by atoms with Gasteiger partial charge in [0.15, 0.2) is 0 Å². The van der Waals surface area contributed by atoms with E-state index in [0.29, 0.717) is 0 Å². The van der Waals surface area contributed by atoms with Gasteiger partial charge >= 0.3 is 0 Å². The average Bonchev–Trinajstić information content (AvgIpc) is 2.57. The van der Waals surface area contributed by atoms with Gasteiger partial charge in [-0.15, -0.1) is 0 Å². The molecule has 0 heterocycles. The van der Waals surface area contributed by atoms with Crippen molar-refractivity contribution in [1.29, 1.82) is 0 Å². The van der Waals surface area contributed by atoms with Crippen LogP contribution < -0.4 is 11.3 Å². The highest BCUT2D eigenvalue weighted by Crippen LogP contribution is 1.97. The molecule has 18 heteroatoms. The van der Waals surface area contributed by atoms with Crippen LogP contribution in [0.2, 0.25) is 0 Å². The maximum absolute atomic E-state index is 9.00. The van der Waals surface area contributed by atoms with E-state index in [1.54, 1.807) is 0 Å². The second-order valence-corrected chi connectivity index (χ2v) is 5.33. The topological polar surface area (TPSA) is 343 Å². The van der Waals surface area contributed by atoms with E-state index in [0.717, 1.165) is 41.5 Å². The minimum absolute atomic E-state index is 0.0434. The first kappa shape index (κ1) is 48.9. The first-order valence-corrected chi connectivity index (χ1v) is 8.78. The van der Waals surface area contributed by atoms with Gasteiger partial charge in [-0.1, -0.05) is 0 Å². The highest BCUT2D eigenvalue weighted by Gasteiger charge is 2.23. The van der Waals surface area contributed by atoms with Crippen molar-refractivity contribution < 1.29 is 79.8 Å². The number of aliphatic hydroxyl groups excluding tert-OH is 4. The summed E-state index contributed by atoms with van der Waals surface area (Å²) in [4.78, 5) is 54.0. The summed E-state index contributed by atoms with van der Waals surface area (Å²) < 4.78 is 0. The number of hydrogen-bond donors (Lipinski definition) is 12. The minimum Gasteiger partial charge on any atom is -0.481 e. The van der Waals surface area contributed by atoms with Crippen LogP contribution in [0.25, 0.3) is 0 Å². The van der Waals surface area contributed by atoms with E-state index in [1.165, 1.54) is 0 Å². The van der Waals surface area contributed by atoms with Crippen LogP contribution >= 0.6 is 0 Å². The smallest absolute Gasteiger partial charge is 0.300 e. The molecule has 0 saturated carbocycles. The molecular weight excluding hydrogens is 488 g/mol. The fourth-order valence-corrected chi connectivity index (χ4v) is 0.606. The number of carbonyl (C=O) groups is 6. The third-order valence-corrected chi connectivity index (χ3v) is 1.30. The highest BCUT2D eigenvalue weighted by molar-refractivity contribution is 5.64. The molecule has 18 nitrogen and oxygen atoms in total. The first-order chi connectivity index (χ1) is 15.5. The fourth-order valence-electron chi connectivity index (χ4n) is 0.606. The van der Waals surface area contributed by atoms with Crippen molar-refractivity contribution in [2.75, 3.05) is 13.2 Å². The summed E-state index contributed by atoms with van der Waals surface area (Å²) in [5, 5.41) is 79.6. The molecule has 3 atom stereocenters. The van der Waals surface area contributed by atoms with Gasteiger partial charge in [0.2, 0.25) is 0 Å². The van der Waals surface area contributed by atoms with Crippen molar-refractivity contribution in [3.8, 4) is 0 Å². The number of carboxylic acids is 6. The van der Waals surface area contributed by atoms with Gasteiger partial charge in [-0.3, -0.25) is 40.0 Å². The number of nitrogens with two attached hydrogens (primary N) is 1. The molecular formula is C17H38N2O16. The predicted octanol–water partition coefficient (Wildman–Crippen LogP) is -2.93. The normalized spacial score (nSPS) is 10.4. The molecule has 0 aromatic heterocycles. The SMILES string of the molecule is CC(=O)O.CC(=O)O.CC(=O)O.CC(=O)O.CC(=O)O.CC(=O)O.NNC[C@H](O)[C@H](O)[C@H](O)CO. The standard InChI is InChI=1S/C5H14N2O4.6C2H4O2/c6-7-1-3(9)5(11)4(10)2-8;6*1-2(3)4/h3-5,7-11H,1-2,6H2;6*1H3,(H,3,4)/t3-,4+,5-;;;;;;/m0....../s1. The Labute approximate surface area is 200 Å². The van der Waals surface area contributed by atoms with Crippen LogP contribution in [-0.4, -0.2) is 118 Å². The third-order valence-electron chi connectivity index (χ3n) is 1.30. The number of aliphatic carboxylic acids is 6. The van der Waals surface area contributed by atoms with E-state index < -0.39 is 60.7 Å². The van der Waals surface area contributed by atoms with Crippen molar-refractivity contribution in [2.24, 2.45) is 5.84 Å². The number of hydrogen-bond acceptors (Lipinski definition) is 12. The van der Waals surface area contributed by atoms with E-state index in [-0.39, 0.29) is 6.54 Å². The van der Waals surface area contributed by atoms with Crippen LogP contribution in [0.1, 0.15) is 41.5 Å². The lowest BCUT2D eigenvalue weighted by molar-refractivity contribution is -0.135. The van der Waals surface area contributed by atoms with Gasteiger partial charge in [-0.05, 0) is 0 Å². The number of rotatable bonds is 5. The highest BCUT2D eigenvalue weighted by atomic mass is 16.4. The molecule has 0 aromatic carbocycles. The Balaban J connectivity index is -0.0000000558. The Kier molecular flexibility index (Phi) is 52.9. The minimum atomic E-state index is -1.38. The van der Waals surface area contributed by atoms with Crippen molar-refractivity contribution in [3.05, 3.63) is 0 Å². The molecule has 0 aromatic rings. The number of carboxylic acid groups (broad SMARTS) is 6. The van der Waals surface area contributed by atoms with Crippen LogP contribution in [0.3, 0.4) is 0 Å². The maximum atomic E-state index is 9.00. The van der Waals surface area contributed by atoms with Gasteiger partial charge in [-0.2, -0.15) is 0 Å². The van der Waals surface area contributed by atoms with Crippen LogP contribution in [0, 0.1) is 0 Å². The second-order valence-electron chi connectivity index (χ2n) is 5.33. The maximum Gasteiger partial charge on any atom is 0.300 e. The Morgan fingerprint density at radius 2 is 0.743 bits per heavy atom. The summed E-state index contributed by atoms with van der Waals surface area (Å²) in [5.41, 5.74) is 2.12. The molecule has 212 valence electrons. The van der Waals surface area contributed by atoms with E-state index in [4.69, 9.17) is 85.7 Å². The van der Waals surface area contributed by atoms with Crippen LogP contribution in [0.4, 0.5) is 0 Å². The Bertz CT molecular complexity index is 439. The van der Waals surface area contributed by atoms with Gasteiger partial charge in [0.25, 0.3) is 35.8 Å². The summed E-state index contributed by atoms with van der Waals surface area (Å²) in [6, 6.07) is 0. The van der Waals surface area contributed by atoms with Crippen molar-refractivity contribution in [1.82, 2.24) is 5.43 Å². The molecule has 0 radical (unpaired) electrons. The molecule has 0 rings (SSSR count). The molecule has 0 unspecified atom stereocenters. The lowest BCUT2D eigenvalue weighted by atomic mass is 10.1. The molecule has 0 aliphatic carbocycles. The number of nitrogens with one attached hydrogen (secondary N) is 1. The number of aliphatic hydroxyl groups is 4. The summed E-state index contributed by atoms with van der Waals surface area (Å²) in [6.07, 6.45) is -3.89. The van der Waals surface area contributed by atoms with E-state index in [2.05, 4.69) is 5.43 Å². The quantitative estimate of drug-likeness (QED) is 0.126. The molecule has 0 aliphatic rings. The van der Waals surface area contributed by atoms with Crippen molar-refractivity contribution >= 4 is 35.8 Å². The Morgan fingerprint density at radius 3 is 0.857 bits per heavy atom. The van der Waals surface area contributed by atoms with Gasteiger partial charge in [0.1, 0.15) is 12.2 Å². The lowest BCUT2D eigenvalue weighted by Gasteiger charge is -2.20. The molecule has 13 N–H and O–H groups in total. The largest absolute Gasteiger partial charge is 0.481 e. The molecule has 0 saturated heterocycles. The summed E-state index contributed by atoms with van der Waals surface area (Å²) in [7, 11) is 0. The average molecular weight is 526 g/mol. The molecule has 0 aliphatic heterocycles. The zero-order valence-corrected chi connectivity index (χ0v) is 20.1. The zero-order chi connectivity index (χ0) is 30.3. The second kappa shape index (κ2) is 37.9. The van der Waals surface area contributed by atoms with Crippen molar-refractivity contribution in [2.45, 2.75) is 59.9 Å². The summed E-state index contributed by atoms with van der Waals surface area (Å²) in [6.45, 7) is 5.86. The summed E-state index contributed by atoms with van der Waals surface area (Å²) >= 11 is 0. The predicted molar refractivity (Wildman–Crippen MR) is 117 cm³/mol. The zero-order valence-electron chi connectivity index (χ0n) is 20.1. The molecule has 0 bridgehead atoms. The van der Waals surface area contributed by atoms with E-state index in [9.17, 15) is 0 Å². The van der Waals surface area contributed by atoms with Crippen molar-refractivity contribution in [3.63, 3.8) is 0 Å².